The maximum atomic E-state index is 12.2. The van der Waals surface area contributed by atoms with Gasteiger partial charge in [0.1, 0.15) is 10.6 Å². The predicted octanol–water partition coefficient (Wildman–Crippen LogP) is 2.04. The molecule has 1 aromatic carbocycles. The SMILES string of the molecule is C=CCNS(=O)(=O)c1cc2c(cc1OC)CCCC2. The summed E-state index contributed by atoms with van der Waals surface area (Å²) in [5, 5.41) is 0. The van der Waals surface area contributed by atoms with Crippen molar-refractivity contribution in [2.45, 2.75) is 30.6 Å². The molecule has 0 aliphatic heterocycles. The van der Waals surface area contributed by atoms with E-state index in [9.17, 15) is 8.42 Å². The van der Waals surface area contributed by atoms with Crippen LogP contribution in [0, 0.1) is 0 Å². The van der Waals surface area contributed by atoms with Crippen molar-refractivity contribution in [3.8, 4) is 5.75 Å². The topological polar surface area (TPSA) is 55.4 Å². The van der Waals surface area contributed by atoms with Crippen molar-refractivity contribution in [2.75, 3.05) is 13.7 Å². The summed E-state index contributed by atoms with van der Waals surface area (Å²) >= 11 is 0. The van der Waals surface area contributed by atoms with Crippen LogP contribution in [0.5, 0.6) is 5.75 Å². The summed E-state index contributed by atoms with van der Waals surface area (Å²) in [5.74, 6) is 0.414. The normalized spacial score (nSPS) is 14.8. The fourth-order valence-electron chi connectivity index (χ4n) is 2.36. The summed E-state index contributed by atoms with van der Waals surface area (Å²) in [6.07, 6.45) is 5.70. The van der Waals surface area contributed by atoms with Gasteiger partial charge in [-0.25, -0.2) is 13.1 Å². The van der Waals surface area contributed by atoms with Crippen molar-refractivity contribution >= 4 is 10.0 Å². The smallest absolute Gasteiger partial charge is 0.244 e. The summed E-state index contributed by atoms with van der Waals surface area (Å²) < 4.78 is 32.1. The molecule has 2 rings (SSSR count). The van der Waals surface area contributed by atoms with Crippen molar-refractivity contribution < 1.29 is 13.2 Å². The molecule has 1 aliphatic rings. The molecule has 1 N–H and O–H groups in total. The third-order valence-electron chi connectivity index (χ3n) is 3.34. The first-order chi connectivity index (χ1) is 9.08. The van der Waals surface area contributed by atoms with Gasteiger partial charge in [-0.2, -0.15) is 0 Å². The van der Waals surface area contributed by atoms with Crippen molar-refractivity contribution in [2.24, 2.45) is 0 Å². The molecule has 0 bridgehead atoms. The molecular formula is C14H19NO3S. The lowest BCUT2D eigenvalue weighted by atomic mass is 9.92. The molecule has 4 nitrogen and oxygen atoms in total. The van der Waals surface area contributed by atoms with E-state index in [0.29, 0.717) is 5.75 Å². The summed E-state index contributed by atoms with van der Waals surface area (Å²) in [6.45, 7) is 3.72. The average molecular weight is 281 g/mol. The maximum absolute atomic E-state index is 12.2. The van der Waals surface area contributed by atoms with Crippen molar-refractivity contribution in [3.63, 3.8) is 0 Å². The maximum Gasteiger partial charge on any atom is 0.244 e. The Morgan fingerprint density at radius 3 is 2.53 bits per heavy atom. The van der Waals surface area contributed by atoms with Gasteiger partial charge < -0.3 is 4.74 Å². The second-order valence-corrected chi connectivity index (χ2v) is 6.35. The van der Waals surface area contributed by atoms with E-state index < -0.39 is 10.0 Å². The molecular weight excluding hydrogens is 262 g/mol. The molecule has 0 saturated heterocycles. The van der Waals surface area contributed by atoms with Crippen LogP contribution in [0.25, 0.3) is 0 Å². The molecule has 0 heterocycles. The third-order valence-corrected chi connectivity index (χ3v) is 4.78. The van der Waals surface area contributed by atoms with Gasteiger partial charge in [0.2, 0.25) is 10.0 Å². The van der Waals surface area contributed by atoms with Gasteiger partial charge in [-0.1, -0.05) is 6.08 Å². The van der Waals surface area contributed by atoms with E-state index in [0.717, 1.165) is 31.2 Å². The van der Waals surface area contributed by atoms with E-state index >= 15 is 0 Å². The zero-order valence-electron chi connectivity index (χ0n) is 11.1. The van der Waals surface area contributed by atoms with Crippen LogP contribution < -0.4 is 9.46 Å². The molecule has 1 aliphatic carbocycles. The number of fused-ring (bicyclic) bond motifs is 1. The van der Waals surface area contributed by atoms with Crippen LogP contribution in [0.2, 0.25) is 0 Å². The van der Waals surface area contributed by atoms with Gasteiger partial charge in [-0.05, 0) is 48.9 Å². The highest BCUT2D eigenvalue weighted by atomic mass is 32.2. The fourth-order valence-corrected chi connectivity index (χ4v) is 3.55. The lowest BCUT2D eigenvalue weighted by Gasteiger charge is -2.19. The van der Waals surface area contributed by atoms with Gasteiger partial charge >= 0.3 is 0 Å². The molecule has 0 atom stereocenters. The molecule has 1 aromatic rings. The lowest BCUT2D eigenvalue weighted by molar-refractivity contribution is 0.401. The Morgan fingerprint density at radius 1 is 1.32 bits per heavy atom. The number of sulfonamides is 1. The van der Waals surface area contributed by atoms with Crippen LogP contribution in [-0.2, 0) is 22.9 Å². The average Bonchev–Trinajstić information content (AvgIpc) is 2.43. The molecule has 0 unspecified atom stereocenters. The second-order valence-electron chi connectivity index (χ2n) is 4.62. The van der Waals surface area contributed by atoms with Gasteiger partial charge in [0.15, 0.2) is 0 Å². The molecule has 19 heavy (non-hydrogen) atoms. The van der Waals surface area contributed by atoms with E-state index in [1.165, 1.54) is 18.7 Å². The summed E-state index contributed by atoms with van der Waals surface area (Å²) in [5.41, 5.74) is 2.32. The third kappa shape index (κ3) is 2.98. The van der Waals surface area contributed by atoms with Crippen LogP contribution in [0.3, 0.4) is 0 Å². The van der Waals surface area contributed by atoms with Gasteiger partial charge in [0, 0.05) is 6.54 Å². The minimum Gasteiger partial charge on any atom is -0.495 e. The Balaban J connectivity index is 2.46. The Labute approximate surface area is 114 Å². The molecule has 0 aromatic heterocycles. The van der Waals surface area contributed by atoms with Crippen molar-refractivity contribution in [1.29, 1.82) is 0 Å². The van der Waals surface area contributed by atoms with E-state index in [1.807, 2.05) is 6.07 Å². The number of hydrogen-bond acceptors (Lipinski definition) is 3. The molecule has 0 saturated carbocycles. The molecule has 0 amide bonds. The van der Waals surface area contributed by atoms with Crippen LogP contribution in [-0.4, -0.2) is 22.1 Å². The number of hydrogen-bond donors (Lipinski definition) is 1. The highest BCUT2D eigenvalue weighted by Crippen LogP contribution is 2.31. The van der Waals surface area contributed by atoms with Crippen molar-refractivity contribution in [3.05, 3.63) is 35.9 Å². The first-order valence-electron chi connectivity index (χ1n) is 6.39. The predicted molar refractivity (Wildman–Crippen MR) is 75.0 cm³/mol. The van der Waals surface area contributed by atoms with Gasteiger partial charge in [0.25, 0.3) is 0 Å². The Bertz CT molecular complexity index is 579. The van der Waals surface area contributed by atoms with Gasteiger partial charge in [-0.3, -0.25) is 0 Å². The molecule has 0 radical (unpaired) electrons. The Hall–Kier alpha value is -1.33. The monoisotopic (exact) mass is 281 g/mol. The van der Waals surface area contributed by atoms with E-state index in [-0.39, 0.29) is 11.4 Å². The number of rotatable bonds is 5. The summed E-state index contributed by atoms with van der Waals surface area (Å²) in [7, 11) is -2.05. The van der Waals surface area contributed by atoms with E-state index in [2.05, 4.69) is 11.3 Å². The van der Waals surface area contributed by atoms with Crippen LogP contribution in [0.4, 0.5) is 0 Å². The fraction of sp³-hybridized carbons (Fsp3) is 0.429. The number of aryl methyl sites for hydroxylation is 2. The number of benzene rings is 1. The van der Waals surface area contributed by atoms with Crippen molar-refractivity contribution in [1.82, 2.24) is 4.72 Å². The quantitative estimate of drug-likeness (QED) is 0.840. The van der Waals surface area contributed by atoms with Crippen LogP contribution in [0.15, 0.2) is 29.7 Å². The first kappa shape index (κ1) is 14.1. The van der Waals surface area contributed by atoms with Crippen LogP contribution >= 0.6 is 0 Å². The summed E-state index contributed by atoms with van der Waals surface area (Å²) in [6, 6.07) is 3.61. The molecule has 0 spiro atoms. The second kappa shape index (κ2) is 5.75. The first-order valence-corrected chi connectivity index (χ1v) is 7.87. The Kier molecular flexibility index (Phi) is 4.27. The molecule has 0 fully saturated rings. The van der Waals surface area contributed by atoms with E-state index in [1.54, 1.807) is 6.07 Å². The number of nitrogens with one attached hydrogen (secondary N) is 1. The summed E-state index contributed by atoms with van der Waals surface area (Å²) in [4.78, 5) is 0.220. The number of ether oxygens (including phenoxy) is 1. The standard InChI is InChI=1S/C14H19NO3S/c1-3-8-15-19(16,17)14-10-12-7-5-4-6-11(12)9-13(14)18-2/h3,9-10,15H,1,4-8H2,2H3. The highest BCUT2D eigenvalue weighted by molar-refractivity contribution is 7.89. The van der Waals surface area contributed by atoms with Crippen LogP contribution in [0.1, 0.15) is 24.0 Å². The van der Waals surface area contributed by atoms with Gasteiger partial charge in [0.05, 0.1) is 7.11 Å². The van der Waals surface area contributed by atoms with E-state index in [4.69, 9.17) is 4.74 Å². The number of methoxy groups -OCH3 is 1. The minimum atomic E-state index is -3.54. The van der Waals surface area contributed by atoms with Gasteiger partial charge in [-0.15, -0.1) is 6.58 Å². The Morgan fingerprint density at radius 2 is 1.95 bits per heavy atom. The highest BCUT2D eigenvalue weighted by Gasteiger charge is 2.22. The molecule has 104 valence electrons. The lowest BCUT2D eigenvalue weighted by Crippen LogP contribution is -2.24. The minimum absolute atomic E-state index is 0.211. The largest absolute Gasteiger partial charge is 0.495 e. The molecule has 5 heteroatoms. The zero-order chi connectivity index (χ0) is 13.9. The zero-order valence-corrected chi connectivity index (χ0v) is 11.9.